The van der Waals surface area contributed by atoms with Gasteiger partial charge in [0.15, 0.2) is 0 Å². The third-order valence-electron chi connectivity index (χ3n) is 11.7. The lowest BCUT2D eigenvalue weighted by Crippen LogP contribution is -2.47. The van der Waals surface area contributed by atoms with Crippen molar-refractivity contribution in [3.63, 3.8) is 0 Å². The number of piperazine rings is 1. The molecule has 0 bridgehead atoms. The van der Waals surface area contributed by atoms with Gasteiger partial charge in [0.25, 0.3) is 11.6 Å². The van der Waals surface area contributed by atoms with Gasteiger partial charge in [-0.3, -0.25) is 24.5 Å². The van der Waals surface area contributed by atoms with Gasteiger partial charge in [0.05, 0.1) is 16.7 Å². The summed E-state index contributed by atoms with van der Waals surface area (Å²) in [5.74, 6) is 0.903. The summed E-state index contributed by atoms with van der Waals surface area (Å²) in [5.41, 5.74) is 6.94. The number of allylic oxidation sites excluding steroid dienone is 1. The number of carbonyl (C=O) groups is 1. The Balaban J connectivity index is 0.967. The second kappa shape index (κ2) is 18.0. The van der Waals surface area contributed by atoms with Crippen molar-refractivity contribution in [2.75, 3.05) is 62.7 Å². The minimum absolute atomic E-state index is 0.0427. The number of carbonyl (C=O) groups excluding carboxylic acids is 1. The molecule has 0 unspecified atom stereocenters. The number of amides is 1. The molecule has 3 aliphatic rings. The zero-order valence-electron chi connectivity index (χ0n) is 33.5. The number of rotatable bonds is 13. The van der Waals surface area contributed by atoms with Crippen molar-refractivity contribution in [3.8, 4) is 11.5 Å². The Morgan fingerprint density at radius 3 is 2.63 bits per heavy atom. The van der Waals surface area contributed by atoms with Gasteiger partial charge >= 0.3 is 0 Å². The summed E-state index contributed by atoms with van der Waals surface area (Å²) in [4.78, 5) is 38.5. The van der Waals surface area contributed by atoms with E-state index in [4.69, 9.17) is 21.1 Å². The van der Waals surface area contributed by atoms with Crippen LogP contribution in [0.5, 0.6) is 11.5 Å². The number of hydrogen-bond acceptors (Lipinski definition) is 10. The van der Waals surface area contributed by atoms with E-state index < -0.39 is 4.92 Å². The fourth-order valence-corrected chi connectivity index (χ4v) is 8.97. The number of pyridine rings is 1. The van der Waals surface area contributed by atoms with E-state index in [0.717, 1.165) is 92.1 Å². The summed E-state index contributed by atoms with van der Waals surface area (Å²) in [5, 5.41) is 16.9. The number of nitro groups is 1. The number of fused-ring (bicyclic) bond motifs is 1. The molecule has 59 heavy (non-hydrogen) atoms. The average molecular weight is 836 g/mol. The SMILES string of the molecule is CC1(C)CCC(CN2CCN(c3ccc(C(=O)NSc4ccc(NCC5CCOCC5)c([N+](=O)[O-])c4)c(Oc4cnc5[nH]ccc5c4)c3)CC2)=C(c2ccc(Cl)cc2)C1. The summed E-state index contributed by atoms with van der Waals surface area (Å²) in [7, 11) is 0. The summed E-state index contributed by atoms with van der Waals surface area (Å²) in [6, 6.07) is 22.7. The smallest absolute Gasteiger partial charge is 0.293 e. The maximum atomic E-state index is 13.8. The highest BCUT2D eigenvalue weighted by atomic mass is 35.5. The molecule has 12 nitrogen and oxygen atoms in total. The Morgan fingerprint density at radius 2 is 1.85 bits per heavy atom. The molecule has 1 aliphatic carbocycles. The van der Waals surface area contributed by atoms with Gasteiger partial charge in [0.2, 0.25) is 0 Å². The van der Waals surface area contributed by atoms with E-state index in [2.05, 4.69) is 55.8 Å². The summed E-state index contributed by atoms with van der Waals surface area (Å²) in [6.45, 7) is 11.2. The fourth-order valence-electron chi connectivity index (χ4n) is 8.22. The molecule has 0 spiro atoms. The van der Waals surface area contributed by atoms with Crippen LogP contribution in [0.3, 0.4) is 0 Å². The molecule has 2 fully saturated rings. The molecule has 308 valence electrons. The average Bonchev–Trinajstić information content (AvgIpc) is 3.72. The molecule has 0 saturated carbocycles. The number of H-pyrrole nitrogens is 1. The predicted octanol–water partition coefficient (Wildman–Crippen LogP) is 9.98. The lowest BCUT2D eigenvalue weighted by molar-refractivity contribution is -0.384. The molecule has 8 rings (SSSR count). The van der Waals surface area contributed by atoms with Crippen LogP contribution in [0.25, 0.3) is 16.6 Å². The number of aromatic nitrogens is 2. The molecular weight excluding hydrogens is 786 g/mol. The topological polar surface area (TPSA) is 138 Å². The van der Waals surface area contributed by atoms with Gasteiger partial charge in [-0.2, -0.15) is 0 Å². The number of hydrogen-bond donors (Lipinski definition) is 3. The molecule has 2 aromatic heterocycles. The number of benzene rings is 3. The zero-order valence-corrected chi connectivity index (χ0v) is 35.0. The Kier molecular flexibility index (Phi) is 12.4. The van der Waals surface area contributed by atoms with E-state index in [1.54, 1.807) is 24.4 Å². The molecular formula is C45H50ClN7O5S. The Bertz CT molecular complexity index is 2330. The van der Waals surface area contributed by atoms with Crippen molar-refractivity contribution in [2.45, 2.75) is 50.8 Å². The van der Waals surface area contributed by atoms with Gasteiger partial charge in [-0.05, 0) is 115 Å². The van der Waals surface area contributed by atoms with Crippen LogP contribution in [0, 0.1) is 21.4 Å². The van der Waals surface area contributed by atoms with E-state index in [1.807, 2.05) is 42.6 Å². The molecule has 4 heterocycles. The third kappa shape index (κ3) is 10.0. The highest BCUT2D eigenvalue weighted by Crippen LogP contribution is 2.43. The first-order valence-corrected chi connectivity index (χ1v) is 21.5. The number of anilines is 2. The fraction of sp³-hybridized carbons (Fsp3) is 0.378. The Hall–Kier alpha value is -5.08. The monoisotopic (exact) mass is 835 g/mol. The van der Waals surface area contributed by atoms with E-state index >= 15 is 0 Å². The van der Waals surface area contributed by atoms with E-state index in [9.17, 15) is 14.9 Å². The summed E-state index contributed by atoms with van der Waals surface area (Å²) < 4.78 is 14.8. The first-order valence-electron chi connectivity index (χ1n) is 20.3. The quantitative estimate of drug-likeness (QED) is 0.0597. The summed E-state index contributed by atoms with van der Waals surface area (Å²) >= 11 is 7.28. The maximum Gasteiger partial charge on any atom is 0.293 e. The number of ether oxygens (including phenoxy) is 2. The highest BCUT2D eigenvalue weighted by molar-refractivity contribution is 7.98. The van der Waals surface area contributed by atoms with Crippen molar-refractivity contribution in [1.29, 1.82) is 0 Å². The molecule has 1 amide bonds. The number of nitrogens with one attached hydrogen (secondary N) is 3. The summed E-state index contributed by atoms with van der Waals surface area (Å²) in [6.07, 6.45) is 8.62. The number of halogens is 1. The van der Waals surface area contributed by atoms with Gasteiger partial charge in [-0.15, -0.1) is 0 Å². The van der Waals surface area contributed by atoms with Gasteiger partial charge in [-0.25, -0.2) is 4.98 Å². The predicted molar refractivity (Wildman–Crippen MR) is 236 cm³/mol. The molecule has 0 atom stereocenters. The standard InChI is InChI=1S/C45H50ClN7O5S/c1-45(2)15-11-33(39(26-45)31-3-5-34(46)6-4-31)29-51-17-19-52(20-18-51)35-7-9-38(42(24-35)58-36-23-32-12-16-47-43(32)49-28-36)44(54)50-59-37-8-10-40(41(25-37)53(55)56)48-27-30-13-21-57-22-14-30/h3-10,12,16,23-25,28,30,48H,11,13-15,17-22,26-27,29H2,1-2H3,(H,47,49)(H,50,54). The van der Waals surface area contributed by atoms with Gasteiger partial charge in [0, 0.05) is 91.8 Å². The number of nitrogens with zero attached hydrogens (tertiary/aromatic N) is 4. The first kappa shape index (κ1) is 40.7. The van der Waals surface area contributed by atoms with Crippen molar-refractivity contribution < 1.29 is 19.2 Å². The van der Waals surface area contributed by atoms with Crippen molar-refractivity contribution in [3.05, 3.63) is 117 Å². The van der Waals surface area contributed by atoms with Crippen molar-refractivity contribution in [1.82, 2.24) is 19.6 Å². The minimum atomic E-state index is -0.398. The Labute approximate surface area is 354 Å². The number of nitro benzene ring substituents is 1. The van der Waals surface area contributed by atoms with Crippen LogP contribution in [0.2, 0.25) is 5.02 Å². The van der Waals surface area contributed by atoms with Crippen LogP contribution in [0.4, 0.5) is 17.1 Å². The van der Waals surface area contributed by atoms with E-state index in [-0.39, 0.29) is 17.0 Å². The lowest BCUT2D eigenvalue weighted by Gasteiger charge is -2.39. The molecule has 14 heteroatoms. The van der Waals surface area contributed by atoms with Crippen LogP contribution in [-0.4, -0.2) is 78.2 Å². The largest absolute Gasteiger partial charge is 0.455 e. The molecule has 2 saturated heterocycles. The first-order chi connectivity index (χ1) is 28.6. The van der Waals surface area contributed by atoms with Gasteiger partial charge in [0.1, 0.15) is 22.8 Å². The highest BCUT2D eigenvalue weighted by Gasteiger charge is 2.30. The molecule has 3 aromatic carbocycles. The zero-order chi connectivity index (χ0) is 40.9. The van der Waals surface area contributed by atoms with Crippen molar-refractivity contribution in [2.24, 2.45) is 11.3 Å². The van der Waals surface area contributed by atoms with Crippen LogP contribution in [0.15, 0.2) is 95.7 Å². The van der Waals surface area contributed by atoms with E-state index in [1.165, 1.54) is 29.2 Å². The number of aromatic amines is 1. The Morgan fingerprint density at radius 1 is 1.05 bits per heavy atom. The van der Waals surface area contributed by atoms with Crippen LogP contribution in [-0.2, 0) is 4.74 Å². The second-order valence-corrected chi connectivity index (χ2v) is 17.8. The molecule has 0 radical (unpaired) electrons. The van der Waals surface area contributed by atoms with Crippen molar-refractivity contribution >= 4 is 63.1 Å². The lowest BCUT2D eigenvalue weighted by atomic mass is 9.72. The van der Waals surface area contributed by atoms with E-state index in [0.29, 0.717) is 53.3 Å². The minimum Gasteiger partial charge on any atom is -0.455 e. The maximum absolute atomic E-state index is 13.8. The van der Waals surface area contributed by atoms with Crippen LogP contribution in [0.1, 0.15) is 61.9 Å². The molecule has 5 aromatic rings. The van der Waals surface area contributed by atoms with Crippen LogP contribution >= 0.6 is 23.5 Å². The second-order valence-electron chi connectivity index (χ2n) is 16.5. The molecule has 3 N–H and O–H groups in total. The van der Waals surface area contributed by atoms with Gasteiger partial charge in [-0.1, -0.05) is 43.2 Å². The molecule has 2 aliphatic heterocycles. The van der Waals surface area contributed by atoms with Gasteiger partial charge < -0.3 is 24.7 Å². The van der Waals surface area contributed by atoms with Crippen LogP contribution < -0.4 is 19.7 Å². The normalized spacial score (nSPS) is 17.6. The third-order valence-corrected chi connectivity index (χ3v) is 12.7.